The Hall–Kier alpha value is -0.680. The first-order valence-corrected chi connectivity index (χ1v) is 7.60. The van der Waals surface area contributed by atoms with Crippen molar-refractivity contribution in [3.8, 4) is 0 Å². The van der Waals surface area contributed by atoms with Crippen molar-refractivity contribution in [1.82, 2.24) is 9.36 Å². The molecule has 0 unspecified atom stereocenters. The monoisotopic (exact) mass is 268 g/mol. The maximum absolute atomic E-state index is 5.74. The molecule has 1 aromatic heterocycles. The zero-order chi connectivity index (χ0) is 13.2. The van der Waals surface area contributed by atoms with E-state index in [-0.39, 0.29) is 5.41 Å². The molecular formula is C13H24N4S. The van der Waals surface area contributed by atoms with Crippen molar-refractivity contribution in [3.63, 3.8) is 0 Å². The van der Waals surface area contributed by atoms with Gasteiger partial charge >= 0.3 is 0 Å². The first-order chi connectivity index (χ1) is 8.52. The van der Waals surface area contributed by atoms with Crippen molar-refractivity contribution >= 4 is 16.7 Å². The lowest BCUT2D eigenvalue weighted by molar-refractivity contribution is 0.550. The maximum Gasteiger partial charge on any atom is 0.205 e. The molecule has 18 heavy (non-hydrogen) atoms. The molecule has 102 valence electrons. The van der Waals surface area contributed by atoms with Gasteiger partial charge in [0.15, 0.2) is 0 Å². The number of anilines is 1. The molecule has 1 aromatic rings. The Morgan fingerprint density at radius 1 is 1.33 bits per heavy atom. The quantitative estimate of drug-likeness (QED) is 0.911. The smallest absolute Gasteiger partial charge is 0.205 e. The molecule has 0 aromatic carbocycles. The van der Waals surface area contributed by atoms with Gasteiger partial charge in [0.2, 0.25) is 5.13 Å². The summed E-state index contributed by atoms with van der Waals surface area (Å²) in [5.74, 6) is 0.947. The molecule has 1 fully saturated rings. The standard InChI is InChI=1S/C13H24N4S/c1-13(2,3)11-15-12(18-16-11)17(9-8-14)10-6-4-5-7-10/h10H,4-9,14H2,1-3H3. The highest BCUT2D eigenvalue weighted by Crippen LogP contribution is 2.31. The summed E-state index contributed by atoms with van der Waals surface area (Å²) in [4.78, 5) is 7.10. The lowest BCUT2D eigenvalue weighted by atomic mass is 9.96. The van der Waals surface area contributed by atoms with Gasteiger partial charge in [-0.25, -0.2) is 4.98 Å². The van der Waals surface area contributed by atoms with Crippen LogP contribution in [0.3, 0.4) is 0 Å². The van der Waals surface area contributed by atoms with Gasteiger partial charge in [0.05, 0.1) is 0 Å². The molecule has 4 nitrogen and oxygen atoms in total. The Labute approximate surface area is 114 Å². The average molecular weight is 268 g/mol. The largest absolute Gasteiger partial charge is 0.343 e. The summed E-state index contributed by atoms with van der Waals surface area (Å²) < 4.78 is 4.51. The second-order valence-corrected chi connectivity index (χ2v) is 6.80. The Bertz CT molecular complexity index is 377. The first-order valence-electron chi connectivity index (χ1n) is 6.83. The molecule has 2 N–H and O–H groups in total. The van der Waals surface area contributed by atoms with Gasteiger partial charge < -0.3 is 10.6 Å². The summed E-state index contributed by atoms with van der Waals surface area (Å²) in [6.07, 6.45) is 5.20. The number of rotatable bonds is 4. The van der Waals surface area contributed by atoms with Gasteiger partial charge in [-0.05, 0) is 12.8 Å². The molecule has 0 radical (unpaired) electrons. The third kappa shape index (κ3) is 3.01. The van der Waals surface area contributed by atoms with Gasteiger partial charge in [-0.3, -0.25) is 0 Å². The Balaban J connectivity index is 2.17. The Kier molecular flexibility index (Phi) is 4.22. The van der Waals surface area contributed by atoms with Crippen LogP contribution in [0, 0.1) is 0 Å². The second-order valence-electron chi connectivity index (χ2n) is 6.07. The minimum atomic E-state index is 0.0266. The van der Waals surface area contributed by atoms with Crippen molar-refractivity contribution in [3.05, 3.63) is 5.82 Å². The molecule has 0 saturated heterocycles. The van der Waals surface area contributed by atoms with Crippen molar-refractivity contribution in [1.29, 1.82) is 0 Å². The number of aromatic nitrogens is 2. The molecule has 1 aliphatic rings. The highest BCUT2D eigenvalue weighted by Gasteiger charge is 2.27. The fourth-order valence-corrected chi connectivity index (χ4v) is 3.38. The number of nitrogens with zero attached hydrogens (tertiary/aromatic N) is 3. The van der Waals surface area contributed by atoms with Crippen LogP contribution in [0.4, 0.5) is 5.13 Å². The zero-order valence-corrected chi connectivity index (χ0v) is 12.5. The summed E-state index contributed by atoms with van der Waals surface area (Å²) in [6.45, 7) is 8.04. The molecule has 0 spiro atoms. The Morgan fingerprint density at radius 2 is 2.00 bits per heavy atom. The van der Waals surface area contributed by atoms with Crippen LogP contribution in [-0.4, -0.2) is 28.5 Å². The highest BCUT2D eigenvalue weighted by atomic mass is 32.1. The molecule has 5 heteroatoms. The van der Waals surface area contributed by atoms with E-state index < -0.39 is 0 Å². The SMILES string of the molecule is CC(C)(C)c1nsc(N(CCN)C2CCCC2)n1. The maximum atomic E-state index is 5.74. The molecule has 2 rings (SSSR count). The lowest BCUT2D eigenvalue weighted by Gasteiger charge is -2.27. The fraction of sp³-hybridized carbons (Fsp3) is 0.846. The van der Waals surface area contributed by atoms with E-state index in [1.807, 2.05) is 0 Å². The van der Waals surface area contributed by atoms with Gasteiger partial charge in [-0.15, -0.1) is 0 Å². The summed E-state index contributed by atoms with van der Waals surface area (Å²) in [5, 5.41) is 1.05. The fourth-order valence-electron chi connectivity index (χ4n) is 2.43. The minimum Gasteiger partial charge on any atom is -0.343 e. The van der Waals surface area contributed by atoms with E-state index in [1.54, 1.807) is 0 Å². The van der Waals surface area contributed by atoms with Gasteiger partial charge in [0.25, 0.3) is 0 Å². The van der Waals surface area contributed by atoms with Gasteiger partial charge in [0.1, 0.15) is 5.82 Å². The van der Waals surface area contributed by atoms with Crippen LogP contribution in [0.2, 0.25) is 0 Å². The van der Waals surface area contributed by atoms with Gasteiger partial charge in [0, 0.05) is 36.1 Å². The van der Waals surface area contributed by atoms with Crippen molar-refractivity contribution < 1.29 is 0 Å². The second kappa shape index (κ2) is 5.53. The number of nitrogens with two attached hydrogens (primary N) is 1. The predicted octanol–water partition coefficient (Wildman–Crippen LogP) is 2.54. The van der Waals surface area contributed by atoms with E-state index in [9.17, 15) is 0 Å². The zero-order valence-electron chi connectivity index (χ0n) is 11.6. The summed E-state index contributed by atoms with van der Waals surface area (Å²) in [6, 6.07) is 0.620. The molecule has 1 saturated carbocycles. The van der Waals surface area contributed by atoms with Gasteiger partial charge in [-0.1, -0.05) is 33.6 Å². The topological polar surface area (TPSA) is 55.0 Å². The summed E-state index contributed by atoms with van der Waals surface area (Å²) in [5.41, 5.74) is 5.77. The van der Waals surface area contributed by atoms with Crippen molar-refractivity contribution in [2.45, 2.75) is 57.9 Å². The van der Waals surface area contributed by atoms with Crippen LogP contribution >= 0.6 is 11.5 Å². The molecule has 0 atom stereocenters. The summed E-state index contributed by atoms with van der Waals surface area (Å²) >= 11 is 1.52. The Morgan fingerprint density at radius 3 is 2.50 bits per heavy atom. The van der Waals surface area contributed by atoms with E-state index in [0.29, 0.717) is 12.6 Å². The summed E-state index contributed by atoms with van der Waals surface area (Å²) in [7, 11) is 0. The number of hydrogen-bond acceptors (Lipinski definition) is 5. The van der Waals surface area contributed by atoms with Crippen LogP contribution in [0.25, 0.3) is 0 Å². The predicted molar refractivity (Wildman–Crippen MR) is 77.3 cm³/mol. The molecule has 0 bridgehead atoms. The highest BCUT2D eigenvalue weighted by molar-refractivity contribution is 7.09. The molecule has 1 aliphatic carbocycles. The van der Waals surface area contributed by atoms with E-state index in [4.69, 9.17) is 10.7 Å². The van der Waals surface area contributed by atoms with E-state index in [2.05, 4.69) is 30.0 Å². The van der Waals surface area contributed by atoms with Crippen molar-refractivity contribution in [2.24, 2.45) is 5.73 Å². The average Bonchev–Trinajstić information content (AvgIpc) is 2.96. The van der Waals surface area contributed by atoms with Crippen molar-refractivity contribution in [2.75, 3.05) is 18.0 Å². The normalized spacial score (nSPS) is 17.3. The lowest BCUT2D eigenvalue weighted by Crippen LogP contribution is -2.37. The van der Waals surface area contributed by atoms with Crippen LogP contribution in [-0.2, 0) is 5.41 Å². The first kappa shape index (κ1) is 13.7. The molecule has 0 amide bonds. The molecular weight excluding hydrogens is 244 g/mol. The van der Waals surface area contributed by atoms with Gasteiger partial charge in [-0.2, -0.15) is 4.37 Å². The van der Waals surface area contributed by atoms with Crippen LogP contribution in [0.5, 0.6) is 0 Å². The van der Waals surface area contributed by atoms with E-state index >= 15 is 0 Å². The third-order valence-corrected chi connectivity index (χ3v) is 4.22. The van der Waals surface area contributed by atoms with Crippen LogP contribution < -0.4 is 10.6 Å². The van der Waals surface area contributed by atoms with Crippen LogP contribution in [0.1, 0.15) is 52.3 Å². The molecule has 1 heterocycles. The number of hydrogen-bond donors (Lipinski definition) is 1. The minimum absolute atomic E-state index is 0.0266. The molecule has 0 aliphatic heterocycles. The van der Waals surface area contributed by atoms with E-state index in [1.165, 1.54) is 37.2 Å². The van der Waals surface area contributed by atoms with Crippen LogP contribution in [0.15, 0.2) is 0 Å². The van der Waals surface area contributed by atoms with E-state index in [0.717, 1.165) is 17.5 Å². The third-order valence-electron chi connectivity index (χ3n) is 3.47.